The van der Waals surface area contributed by atoms with Crippen LogP contribution in [0.1, 0.15) is 45.4 Å². The second kappa shape index (κ2) is 10.3. The fourth-order valence-corrected chi connectivity index (χ4v) is 2.24. The van der Waals surface area contributed by atoms with E-state index in [1.807, 2.05) is 0 Å². The molecule has 0 unspecified atom stereocenters. The summed E-state index contributed by atoms with van der Waals surface area (Å²) in [5.74, 6) is 0. The molecule has 1 heteroatoms. The molecule has 0 aliphatic carbocycles. The summed E-state index contributed by atoms with van der Waals surface area (Å²) in [5, 5.41) is 0. The molecule has 0 fully saturated rings. The Morgan fingerprint density at radius 3 is 2.15 bits per heavy atom. The Hall–Kier alpha value is 0.170. The summed E-state index contributed by atoms with van der Waals surface area (Å²) in [7, 11) is 0.358. The van der Waals surface area contributed by atoms with Crippen LogP contribution in [-0.4, -0.2) is 19.5 Å². The van der Waals surface area contributed by atoms with E-state index in [0.717, 1.165) is 0 Å². The summed E-state index contributed by atoms with van der Waals surface area (Å²) in [6.07, 6.45) is 14.4. The number of hydrogen-bond acceptors (Lipinski definition) is 0. The van der Waals surface area contributed by atoms with Crippen LogP contribution >= 0.6 is 7.92 Å². The predicted molar refractivity (Wildman–Crippen MR) is 66.2 cm³/mol. The molecular formula is C12H25P. The Kier molecular flexibility index (Phi) is 10.4. The van der Waals surface area contributed by atoms with Crippen molar-refractivity contribution in [3.8, 4) is 0 Å². The first-order valence-corrected chi connectivity index (χ1v) is 7.95. The van der Waals surface area contributed by atoms with Crippen LogP contribution in [0.3, 0.4) is 0 Å². The van der Waals surface area contributed by atoms with E-state index >= 15 is 0 Å². The topological polar surface area (TPSA) is 0 Å². The molecule has 0 aliphatic heterocycles. The van der Waals surface area contributed by atoms with Crippen molar-refractivity contribution in [2.45, 2.75) is 45.4 Å². The monoisotopic (exact) mass is 200 g/mol. The fourth-order valence-electron chi connectivity index (χ4n) is 1.39. The molecule has 0 atom stereocenters. The standard InChI is InChI=1S/C12H25P/c1-4-5-6-7-8-9-10-11-12-13(2)3/h4-5H,6-12H2,1-3H3/b5-4+. The van der Waals surface area contributed by atoms with Gasteiger partial charge in [-0.15, -0.1) is 7.92 Å². The third-order valence-corrected chi connectivity index (χ3v) is 3.42. The van der Waals surface area contributed by atoms with Crippen LogP contribution in [0.4, 0.5) is 0 Å². The minimum Gasteiger partial charge on any atom is -0.113 e. The molecule has 0 radical (unpaired) electrons. The molecule has 0 aromatic carbocycles. The van der Waals surface area contributed by atoms with E-state index in [9.17, 15) is 0 Å². The van der Waals surface area contributed by atoms with Crippen molar-refractivity contribution in [2.24, 2.45) is 0 Å². The van der Waals surface area contributed by atoms with Gasteiger partial charge in [0.2, 0.25) is 0 Å². The van der Waals surface area contributed by atoms with E-state index in [4.69, 9.17) is 0 Å². The molecule has 0 saturated carbocycles. The molecule has 0 saturated heterocycles. The Balaban J connectivity index is 2.91. The van der Waals surface area contributed by atoms with Crippen LogP contribution in [-0.2, 0) is 0 Å². The molecule has 0 rings (SSSR count). The number of rotatable bonds is 8. The van der Waals surface area contributed by atoms with E-state index in [-0.39, 0.29) is 0 Å². The Morgan fingerprint density at radius 2 is 1.54 bits per heavy atom. The smallest absolute Gasteiger partial charge is 0.0331 e. The maximum Gasteiger partial charge on any atom is -0.0331 e. The van der Waals surface area contributed by atoms with Gasteiger partial charge in [-0.05, 0) is 45.7 Å². The summed E-state index contributed by atoms with van der Waals surface area (Å²) >= 11 is 0. The number of unbranched alkanes of at least 4 members (excludes halogenated alkanes) is 5. The minimum absolute atomic E-state index is 0.358. The highest BCUT2D eigenvalue weighted by atomic mass is 31.1. The van der Waals surface area contributed by atoms with Gasteiger partial charge in [-0.3, -0.25) is 0 Å². The van der Waals surface area contributed by atoms with Gasteiger partial charge >= 0.3 is 0 Å². The van der Waals surface area contributed by atoms with E-state index in [2.05, 4.69) is 32.4 Å². The third-order valence-electron chi connectivity index (χ3n) is 2.21. The highest BCUT2D eigenvalue weighted by Crippen LogP contribution is 2.26. The lowest BCUT2D eigenvalue weighted by Crippen LogP contribution is -1.83. The Morgan fingerprint density at radius 1 is 0.923 bits per heavy atom. The van der Waals surface area contributed by atoms with Gasteiger partial charge in [0.25, 0.3) is 0 Å². The van der Waals surface area contributed by atoms with Crippen molar-refractivity contribution < 1.29 is 0 Å². The zero-order valence-electron chi connectivity index (χ0n) is 9.55. The second-order valence-electron chi connectivity index (χ2n) is 3.93. The van der Waals surface area contributed by atoms with Crippen LogP contribution < -0.4 is 0 Å². The van der Waals surface area contributed by atoms with Crippen LogP contribution in [0, 0.1) is 0 Å². The Labute approximate surface area is 85.6 Å². The molecule has 13 heavy (non-hydrogen) atoms. The summed E-state index contributed by atoms with van der Waals surface area (Å²) in [4.78, 5) is 0. The van der Waals surface area contributed by atoms with Crippen molar-refractivity contribution in [3.63, 3.8) is 0 Å². The molecule has 0 heterocycles. The van der Waals surface area contributed by atoms with Gasteiger partial charge in [0, 0.05) is 0 Å². The summed E-state index contributed by atoms with van der Waals surface area (Å²) < 4.78 is 0. The van der Waals surface area contributed by atoms with Crippen molar-refractivity contribution >= 4 is 7.92 Å². The first kappa shape index (κ1) is 13.2. The molecule has 0 N–H and O–H groups in total. The summed E-state index contributed by atoms with van der Waals surface area (Å²) in [6, 6.07) is 0. The van der Waals surface area contributed by atoms with Crippen molar-refractivity contribution in [3.05, 3.63) is 12.2 Å². The lowest BCUT2D eigenvalue weighted by molar-refractivity contribution is 0.639. The van der Waals surface area contributed by atoms with Crippen LogP contribution in [0.25, 0.3) is 0 Å². The van der Waals surface area contributed by atoms with Gasteiger partial charge < -0.3 is 0 Å². The Bertz CT molecular complexity index is 116. The van der Waals surface area contributed by atoms with Crippen LogP contribution in [0.5, 0.6) is 0 Å². The molecule has 0 nitrogen and oxygen atoms in total. The molecule has 0 spiro atoms. The van der Waals surface area contributed by atoms with Crippen molar-refractivity contribution in [2.75, 3.05) is 19.5 Å². The third kappa shape index (κ3) is 12.2. The lowest BCUT2D eigenvalue weighted by atomic mass is 10.1. The SMILES string of the molecule is C/C=C/CCCCCCCP(C)C. The second-order valence-corrected chi connectivity index (χ2v) is 6.54. The first-order valence-electron chi connectivity index (χ1n) is 5.53. The predicted octanol–water partition coefficient (Wildman–Crippen LogP) is 4.64. The fraction of sp³-hybridized carbons (Fsp3) is 0.833. The average molecular weight is 200 g/mol. The lowest BCUT2D eigenvalue weighted by Gasteiger charge is -2.04. The highest BCUT2D eigenvalue weighted by molar-refractivity contribution is 7.55. The first-order chi connectivity index (χ1) is 6.27. The van der Waals surface area contributed by atoms with Gasteiger partial charge in [-0.1, -0.05) is 31.4 Å². The van der Waals surface area contributed by atoms with Gasteiger partial charge in [0.05, 0.1) is 0 Å². The molecule has 0 aliphatic rings. The van der Waals surface area contributed by atoms with Gasteiger partial charge in [0.1, 0.15) is 0 Å². The summed E-state index contributed by atoms with van der Waals surface area (Å²) in [5.41, 5.74) is 0. The van der Waals surface area contributed by atoms with Gasteiger partial charge in [-0.25, -0.2) is 0 Å². The summed E-state index contributed by atoms with van der Waals surface area (Å²) in [6.45, 7) is 6.85. The van der Waals surface area contributed by atoms with E-state index in [1.165, 1.54) is 44.7 Å². The average Bonchev–Trinajstić information content (AvgIpc) is 2.09. The quantitative estimate of drug-likeness (QED) is 0.304. The minimum atomic E-state index is 0.358. The molecule has 0 amide bonds. The maximum absolute atomic E-state index is 2.38. The maximum atomic E-state index is 2.38. The molecule has 0 bridgehead atoms. The zero-order chi connectivity index (χ0) is 9.94. The number of allylic oxidation sites excluding steroid dienone is 2. The van der Waals surface area contributed by atoms with Gasteiger partial charge in [0.15, 0.2) is 0 Å². The van der Waals surface area contributed by atoms with E-state index < -0.39 is 0 Å². The molecule has 0 aromatic rings. The van der Waals surface area contributed by atoms with Crippen LogP contribution in [0.2, 0.25) is 0 Å². The van der Waals surface area contributed by atoms with Gasteiger partial charge in [-0.2, -0.15) is 0 Å². The van der Waals surface area contributed by atoms with Crippen LogP contribution in [0.15, 0.2) is 12.2 Å². The largest absolute Gasteiger partial charge is 0.113 e. The van der Waals surface area contributed by atoms with Crippen molar-refractivity contribution in [1.29, 1.82) is 0 Å². The zero-order valence-corrected chi connectivity index (χ0v) is 10.4. The molecule has 78 valence electrons. The van der Waals surface area contributed by atoms with E-state index in [0.29, 0.717) is 7.92 Å². The highest BCUT2D eigenvalue weighted by Gasteiger charge is 1.93. The molecule has 0 aromatic heterocycles. The number of hydrogen-bond donors (Lipinski definition) is 0. The molecular weight excluding hydrogens is 175 g/mol. The van der Waals surface area contributed by atoms with Crippen molar-refractivity contribution in [1.82, 2.24) is 0 Å². The normalized spacial score (nSPS) is 11.7. The van der Waals surface area contributed by atoms with E-state index in [1.54, 1.807) is 0 Å².